The van der Waals surface area contributed by atoms with Crippen LogP contribution in [0, 0.1) is 0 Å². The molecule has 1 aromatic carbocycles. The van der Waals surface area contributed by atoms with Crippen molar-refractivity contribution >= 4 is 17.7 Å². The predicted octanol–water partition coefficient (Wildman–Crippen LogP) is 0.499. The van der Waals surface area contributed by atoms with Crippen LogP contribution in [0.1, 0.15) is 30.8 Å². The van der Waals surface area contributed by atoms with Crippen molar-refractivity contribution in [1.82, 2.24) is 14.8 Å². The highest BCUT2D eigenvalue weighted by molar-refractivity contribution is 7.99. The first kappa shape index (κ1) is 17.5. The number of nitrogens with zero attached hydrogens (tertiary/aromatic N) is 3. The molecule has 0 fully saturated rings. The summed E-state index contributed by atoms with van der Waals surface area (Å²) in [6.45, 7) is 2.84. The molecule has 0 spiro atoms. The Balaban J connectivity index is 2.36. The van der Waals surface area contributed by atoms with E-state index in [0.717, 1.165) is 17.4 Å². The van der Waals surface area contributed by atoms with Gasteiger partial charge in [-0.05, 0) is 5.56 Å². The maximum atomic E-state index is 11.1. The number of nitrogens with two attached hydrogens (primary N) is 1. The van der Waals surface area contributed by atoms with Crippen LogP contribution in [0.4, 0.5) is 0 Å². The van der Waals surface area contributed by atoms with E-state index in [2.05, 4.69) is 47.9 Å². The second-order valence-electron chi connectivity index (χ2n) is 5.71. The zero-order valence-corrected chi connectivity index (χ0v) is 14.6. The van der Waals surface area contributed by atoms with Crippen LogP contribution in [0.15, 0.2) is 35.5 Å². The summed E-state index contributed by atoms with van der Waals surface area (Å²) in [5, 5.41) is 9.43. The molecular formula is C16H24N5OS+. The second-order valence-corrected chi connectivity index (χ2v) is 6.65. The normalized spacial score (nSPS) is 12.5. The molecule has 3 N–H and O–H groups in total. The third-order valence-corrected chi connectivity index (χ3v) is 4.68. The molecule has 1 heterocycles. The topological polar surface area (TPSA) is 78.2 Å². The van der Waals surface area contributed by atoms with Gasteiger partial charge >= 0.3 is 0 Å². The second kappa shape index (κ2) is 8.12. The molecule has 0 aliphatic heterocycles. The number of hydrogen-bond acceptors (Lipinski definition) is 4. The molecule has 0 aliphatic rings. The molecule has 2 aromatic rings. The average molecular weight is 334 g/mol. The quantitative estimate of drug-likeness (QED) is 0.689. The summed E-state index contributed by atoms with van der Waals surface area (Å²) in [7, 11) is 4.23. The fourth-order valence-electron chi connectivity index (χ4n) is 2.56. The Morgan fingerprint density at radius 1 is 1.30 bits per heavy atom. The first-order valence-electron chi connectivity index (χ1n) is 7.71. The SMILES string of the molecule is CC[C@H](c1nnc(SCC(N)=O)n1Cc1ccccc1)[NH+](C)C. The van der Waals surface area contributed by atoms with E-state index in [4.69, 9.17) is 5.73 Å². The molecule has 0 saturated carbocycles. The maximum absolute atomic E-state index is 11.1. The number of amides is 1. The van der Waals surface area contributed by atoms with E-state index in [1.165, 1.54) is 22.2 Å². The van der Waals surface area contributed by atoms with E-state index >= 15 is 0 Å². The van der Waals surface area contributed by atoms with Crippen molar-refractivity contribution in [3.05, 3.63) is 41.7 Å². The third kappa shape index (κ3) is 4.56. The first-order chi connectivity index (χ1) is 11.0. The van der Waals surface area contributed by atoms with E-state index in [-0.39, 0.29) is 17.7 Å². The van der Waals surface area contributed by atoms with Gasteiger partial charge in [-0.25, -0.2) is 0 Å². The molecule has 0 aliphatic carbocycles. The van der Waals surface area contributed by atoms with Crippen LogP contribution in [-0.4, -0.2) is 40.5 Å². The molecule has 1 amide bonds. The number of rotatable bonds is 8. The lowest BCUT2D eigenvalue weighted by Crippen LogP contribution is -3.06. The van der Waals surface area contributed by atoms with Crippen molar-refractivity contribution in [2.75, 3.05) is 19.8 Å². The molecule has 124 valence electrons. The van der Waals surface area contributed by atoms with E-state index in [1.807, 2.05) is 18.2 Å². The summed E-state index contributed by atoms with van der Waals surface area (Å²) in [6.07, 6.45) is 0.968. The van der Waals surface area contributed by atoms with E-state index < -0.39 is 0 Å². The number of quaternary nitrogens is 1. The van der Waals surface area contributed by atoms with Crippen LogP contribution in [0.25, 0.3) is 0 Å². The van der Waals surface area contributed by atoms with Crippen molar-refractivity contribution in [2.45, 2.75) is 31.1 Å². The summed E-state index contributed by atoms with van der Waals surface area (Å²) in [4.78, 5) is 12.4. The highest BCUT2D eigenvalue weighted by Gasteiger charge is 2.25. The Hall–Kier alpha value is -1.86. The summed E-state index contributed by atoms with van der Waals surface area (Å²) >= 11 is 1.34. The van der Waals surface area contributed by atoms with Gasteiger partial charge in [0.05, 0.1) is 26.4 Å². The Morgan fingerprint density at radius 2 is 2.00 bits per heavy atom. The van der Waals surface area contributed by atoms with E-state index in [1.54, 1.807) is 0 Å². The van der Waals surface area contributed by atoms with Gasteiger partial charge in [-0.15, -0.1) is 10.2 Å². The minimum absolute atomic E-state index is 0.207. The van der Waals surface area contributed by atoms with Gasteiger partial charge in [-0.2, -0.15) is 0 Å². The Bertz CT molecular complexity index is 641. The largest absolute Gasteiger partial charge is 0.369 e. The van der Waals surface area contributed by atoms with Crippen molar-refractivity contribution in [3.8, 4) is 0 Å². The van der Waals surface area contributed by atoms with Crippen LogP contribution in [0.3, 0.4) is 0 Å². The zero-order valence-electron chi connectivity index (χ0n) is 13.8. The number of carbonyl (C=O) groups excluding carboxylic acids is 1. The van der Waals surface area contributed by atoms with Gasteiger partial charge in [0.25, 0.3) is 0 Å². The van der Waals surface area contributed by atoms with Crippen LogP contribution in [0.2, 0.25) is 0 Å². The standard InChI is InChI=1S/C16H23N5OS/c1-4-13(20(2)3)15-18-19-16(23-11-14(17)22)21(15)10-12-8-6-5-7-9-12/h5-9,13H,4,10-11H2,1-3H3,(H2,17,22)/p+1/t13-/m1/s1. The van der Waals surface area contributed by atoms with Gasteiger partial charge in [0.15, 0.2) is 11.0 Å². The van der Waals surface area contributed by atoms with E-state index in [0.29, 0.717) is 6.54 Å². The van der Waals surface area contributed by atoms with Crippen molar-refractivity contribution < 1.29 is 9.69 Å². The van der Waals surface area contributed by atoms with Crippen LogP contribution >= 0.6 is 11.8 Å². The predicted molar refractivity (Wildman–Crippen MR) is 91.3 cm³/mol. The molecule has 6 nitrogen and oxygen atoms in total. The molecule has 2 rings (SSSR count). The summed E-state index contributed by atoms with van der Waals surface area (Å²) in [5.41, 5.74) is 6.44. The van der Waals surface area contributed by atoms with Gasteiger partial charge in [0, 0.05) is 6.42 Å². The van der Waals surface area contributed by atoms with Crippen molar-refractivity contribution in [3.63, 3.8) is 0 Å². The Morgan fingerprint density at radius 3 is 2.57 bits per heavy atom. The molecule has 0 saturated heterocycles. The number of aromatic nitrogens is 3. The Kier molecular flexibility index (Phi) is 6.18. The number of thioether (sulfide) groups is 1. The van der Waals surface area contributed by atoms with Crippen LogP contribution in [-0.2, 0) is 11.3 Å². The van der Waals surface area contributed by atoms with E-state index in [9.17, 15) is 4.79 Å². The van der Waals surface area contributed by atoms with Gasteiger partial charge in [-0.3, -0.25) is 9.36 Å². The lowest BCUT2D eigenvalue weighted by molar-refractivity contribution is -0.893. The summed E-state index contributed by atoms with van der Waals surface area (Å²) in [5.74, 6) is 0.804. The minimum Gasteiger partial charge on any atom is -0.369 e. The lowest BCUT2D eigenvalue weighted by Gasteiger charge is -2.20. The highest BCUT2D eigenvalue weighted by Crippen LogP contribution is 2.22. The third-order valence-electron chi connectivity index (χ3n) is 3.69. The number of hydrogen-bond donors (Lipinski definition) is 2. The molecule has 1 aromatic heterocycles. The number of nitrogens with one attached hydrogen (secondary N) is 1. The monoisotopic (exact) mass is 334 g/mol. The lowest BCUT2D eigenvalue weighted by atomic mass is 10.2. The fraction of sp³-hybridized carbons (Fsp3) is 0.438. The number of benzene rings is 1. The van der Waals surface area contributed by atoms with Gasteiger partial charge in [-0.1, -0.05) is 49.0 Å². The summed E-state index contributed by atoms with van der Waals surface area (Å²) < 4.78 is 2.10. The molecule has 0 unspecified atom stereocenters. The van der Waals surface area contributed by atoms with Crippen LogP contribution < -0.4 is 10.6 Å². The van der Waals surface area contributed by atoms with Crippen molar-refractivity contribution in [1.29, 1.82) is 0 Å². The van der Waals surface area contributed by atoms with Gasteiger partial charge in [0.2, 0.25) is 5.91 Å². The van der Waals surface area contributed by atoms with Crippen LogP contribution in [0.5, 0.6) is 0 Å². The molecule has 0 bridgehead atoms. The average Bonchev–Trinajstić information content (AvgIpc) is 2.89. The fourth-order valence-corrected chi connectivity index (χ4v) is 3.25. The number of carbonyl (C=O) groups is 1. The molecule has 0 radical (unpaired) electrons. The zero-order chi connectivity index (χ0) is 16.8. The first-order valence-corrected chi connectivity index (χ1v) is 8.69. The summed E-state index contributed by atoms with van der Waals surface area (Å²) in [6, 6.07) is 10.5. The van der Waals surface area contributed by atoms with Crippen molar-refractivity contribution in [2.24, 2.45) is 5.73 Å². The smallest absolute Gasteiger partial charge is 0.227 e. The molecule has 23 heavy (non-hydrogen) atoms. The van der Waals surface area contributed by atoms with Gasteiger partial charge < -0.3 is 10.6 Å². The molecule has 1 atom stereocenters. The minimum atomic E-state index is -0.351. The van der Waals surface area contributed by atoms with Gasteiger partial charge in [0.1, 0.15) is 6.04 Å². The molecule has 7 heteroatoms. The molecular weight excluding hydrogens is 310 g/mol. The number of primary amides is 1. The highest BCUT2D eigenvalue weighted by atomic mass is 32.2. The maximum Gasteiger partial charge on any atom is 0.227 e. The Labute approximate surface area is 141 Å².